The van der Waals surface area contributed by atoms with Gasteiger partial charge < -0.3 is 15.3 Å². The highest BCUT2D eigenvalue weighted by molar-refractivity contribution is 5.95. The predicted molar refractivity (Wildman–Crippen MR) is 85.7 cm³/mol. The first-order chi connectivity index (χ1) is 9.80. The summed E-state index contributed by atoms with van der Waals surface area (Å²) in [5.41, 5.74) is 0.594. The zero-order valence-electron chi connectivity index (χ0n) is 13.7. The first-order valence-corrected chi connectivity index (χ1v) is 7.57. The van der Waals surface area contributed by atoms with E-state index in [1.807, 2.05) is 26.8 Å². The van der Waals surface area contributed by atoms with Crippen molar-refractivity contribution in [1.82, 2.24) is 9.88 Å². The quantitative estimate of drug-likeness (QED) is 0.809. The zero-order valence-corrected chi connectivity index (χ0v) is 13.7. The first kappa shape index (κ1) is 17.4. The van der Waals surface area contributed by atoms with Crippen molar-refractivity contribution in [2.24, 2.45) is 0 Å². The molecule has 0 aliphatic heterocycles. The maximum Gasteiger partial charge on any atom is 0.254 e. The predicted octanol–water partition coefficient (Wildman–Crippen LogP) is 2.31. The molecule has 21 heavy (non-hydrogen) atoms. The van der Waals surface area contributed by atoms with Gasteiger partial charge in [0, 0.05) is 30.9 Å². The molecule has 0 bridgehead atoms. The largest absolute Gasteiger partial charge is 0.389 e. The molecule has 1 aromatic rings. The molecule has 1 aromatic heterocycles. The topological polar surface area (TPSA) is 65.5 Å². The number of anilines is 1. The average Bonchev–Trinajstić information content (AvgIpc) is 2.43. The third kappa shape index (κ3) is 5.34. The molecule has 0 aromatic carbocycles. The maximum absolute atomic E-state index is 12.6. The molecule has 0 aliphatic carbocycles. The van der Waals surface area contributed by atoms with Crippen molar-refractivity contribution in [3.63, 3.8) is 0 Å². The second-order valence-electron chi connectivity index (χ2n) is 5.75. The number of nitrogens with zero attached hydrogens (tertiary/aromatic N) is 2. The lowest BCUT2D eigenvalue weighted by molar-refractivity contribution is 0.0314. The van der Waals surface area contributed by atoms with Crippen molar-refractivity contribution in [3.8, 4) is 0 Å². The van der Waals surface area contributed by atoms with Crippen LogP contribution in [-0.4, -0.2) is 46.1 Å². The molecule has 5 heteroatoms. The van der Waals surface area contributed by atoms with Crippen molar-refractivity contribution in [2.45, 2.75) is 46.6 Å². The van der Waals surface area contributed by atoms with Gasteiger partial charge in [-0.15, -0.1) is 0 Å². The molecule has 0 unspecified atom stereocenters. The summed E-state index contributed by atoms with van der Waals surface area (Å²) in [6.07, 6.45) is 0.775. The van der Waals surface area contributed by atoms with E-state index in [2.05, 4.69) is 10.3 Å². The summed E-state index contributed by atoms with van der Waals surface area (Å²) in [7, 11) is 0. The molecule has 1 amide bonds. The van der Waals surface area contributed by atoms with Gasteiger partial charge >= 0.3 is 0 Å². The van der Waals surface area contributed by atoms with E-state index in [1.165, 1.54) is 0 Å². The highest BCUT2D eigenvalue weighted by atomic mass is 16.3. The number of aryl methyl sites for hydroxylation is 1. The Hall–Kier alpha value is -1.62. The van der Waals surface area contributed by atoms with Gasteiger partial charge in [0.2, 0.25) is 0 Å². The second kappa shape index (κ2) is 7.41. The fraction of sp³-hybridized carbons (Fsp3) is 0.625. The van der Waals surface area contributed by atoms with Crippen molar-refractivity contribution in [3.05, 3.63) is 23.4 Å². The summed E-state index contributed by atoms with van der Waals surface area (Å²) in [5, 5.41) is 13.1. The molecule has 0 radical (unpaired) electrons. The highest BCUT2D eigenvalue weighted by Crippen LogP contribution is 2.15. The van der Waals surface area contributed by atoms with Gasteiger partial charge in [-0.2, -0.15) is 0 Å². The fourth-order valence-electron chi connectivity index (χ4n) is 2.14. The van der Waals surface area contributed by atoms with E-state index in [0.717, 1.165) is 24.5 Å². The SMILES string of the molecule is CCNc1cc(C(=O)N(CC)CC(C)(C)O)cc(CC)n1. The summed E-state index contributed by atoms with van der Waals surface area (Å²) in [4.78, 5) is 18.7. The van der Waals surface area contributed by atoms with Crippen LogP contribution in [0, 0.1) is 0 Å². The Labute approximate surface area is 127 Å². The first-order valence-electron chi connectivity index (χ1n) is 7.57. The summed E-state index contributed by atoms with van der Waals surface area (Å²) >= 11 is 0. The lowest BCUT2D eigenvalue weighted by atomic mass is 10.1. The highest BCUT2D eigenvalue weighted by Gasteiger charge is 2.22. The normalized spacial score (nSPS) is 11.3. The van der Waals surface area contributed by atoms with E-state index >= 15 is 0 Å². The van der Waals surface area contributed by atoms with Crippen LogP contribution >= 0.6 is 0 Å². The van der Waals surface area contributed by atoms with Crippen LogP contribution in [0.2, 0.25) is 0 Å². The Morgan fingerprint density at radius 1 is 1.33 bits per heavy atom. The Balaban J connectivity index is 3.06. The molecule has 0 spiro atoms. The minimum Gasteiger partial charge on any atom is -0.389 e. The number of amides is 1. The third-order valence-electron chi connectivity index (χ3n) is 3.09. The number of aromatic nitrogens is 1. The third-order valence-corrected chi connectivity index (χ3v) is 3.09. The van der Waals surface area contributed by atoms with Crippen LogP contribution in [-0.2, 0) is 6.42 Å². The minimum absolute atomic E-state index is 0.0733. The molecular formula is C16H27N3O2. The fourth-order valence-corrected chi connectivity index (χ4v) is 2.14. The number of hydrogen-bond donors (Lipinski definition) is 2. The molecule has 1 rings (SSSR count). The summed E-state index contributed by atoms with van der Waals surface area (Å²) in [6, 6.07) is 3.61. The molecular weight excluding hydrogens is 266 g/mol. The van der Waals surface area contributed by atoms with Crippen LogP contribution in [0.15, 0.2) is 12.1 Å². The van der Waals surface area contributed by atoms with Crippen molar-refractivity contribution < 1.29 is 9.90 Å². The molecule has 1 heterocycles. The smallest absolute Gasteiger partial charge is 0.254 e. The van der Waals surface area contributed by atoms with Crippen LogP contribution in [0.5, 0.6) is 0 Å². The van der Waals surface area contributed by atoms with Gasteiger partial charge in [0.1, 0.15) is 5.82 Å². The number of carbonyl (C=O) groups is 1. The number of aliphatic hydroxyl groups is 1. The average molecular weight is 293 g/mol. The van der Waals surface area contributed by atoms with Gasteiger partial charge in [0.25, 0.3) is 5.91 Å². The number of rotatable bonds is 7. The molecule has 0 saturated heterocycles. The maximum atomic E-state index is 12.6. The molecule has 5 nitrogen and oxygen atoms in total. The van der Waals surface area contributed by atoms with Crippen LogP contribution in [0.3, 0.4) is 0 Å². The number of nitrogens with one attached hydrogen (secondary N) is 1. The Kier molecular flexibility index (Phi) is 6.15. The van der Waals surface area contributed by atoms with E-state index in [9.17, 15) is 9.90 Å². The number of hydrogen-bond acceptors (Lipinski definition) is 4. The van der Waals surface area contributed by atoms with Crippen molar-refractivity contribution in [2.75, 3.05) is 25.0 Å². The number of pyridine rings is 1. The Morgan fingerprint density at radius 2 is 2.00 bits per heavy atom. The van der Waals surface area contributed by atoms with Gasteiger partial charge in [0.15, 0.2) is 0 Å². The van der Waals surface area contributed by atoms with Gasteiger partial charge in [-0.05, 0) is 46.2 Å². The lowest BCUT2D eigenvalue weighted by Crippen LogP contribution is -2.42. The molecule has 2 N–H and O–H groups in total. The molecule has 0 saturated carbocycles. The van der Waals surface area contributed by atoms with Crippen molar-refractivity contribution >= 4 is 11.7 Å². The summed E-state index contributed by atoms with van der Waals surface area (Å²) in [6.45, 7) is 11.0. The zero-order chi connectivity index (χ0) is 16.0. The molecule has 118 valence electrons. The standard InChI is InChI=1S/C16H27N3O2/c1-6-13-9-12(10-14(18-13)17-7-2)15(20)19(8-3)11-16(4,5)21/h9-10,21H,6-8,11H2,1-5H3,(H,17,18). The van der Waals surface area contributed by atoms with Crippen molar-refractivity contribution in [1.29, 1.82) is 0 Å². The van der Waals surface area contributed by atoms with E-state index in [0.29, 0.717) is 18.7 Å². The minimum atomic E-state index is -0.906. The van der Waals surface area contributed by atoms with E-state index in [-0.39, 0.29) is 5.91 Å². The van der Waals surface area contributed by atoms with Gasteiger partial charge in [-0.3, -0.25) is 4.79 Å². The van der Waals surface area contributed by atoms with E-state index in [1.54, 1.807) is 24.8 Å². The van der Waals surface area contributed by atoms with E-state index < -0.39 is 5.60 Å². The summed E-state index contributed by atoms with van der Waals surface area (Å²) < 4.78 is 0. The van der Waals surface area contributed by atoms with Crippen LogP contribution in [0.25, 0.3) is 0 Å². The van der Waals surface area contributed by atoms with E-state index in [4.69, 9.17) is 0 Å². The van der Waals surface area contributed by atoms with Gasteiger partial charge in [-0.1, -0.05) is 6.92 Å². The monoisotopic (exact) mass is 293 g/mol. The van der Waals surface area contributed by atoms with Crippen LogP contribution in [0.4, 0.5) is 5.82 Å². The van der Waals surface area contributed by atoms with Gasteiger partial charge in [-0.25, -0.2) is 4.98 Å². The van der Waals surface area contributed by atoms with Crippen LogP contribution in [0.1, 0.15) is 50.7 Å². The Bertz CT molecular complexity index is 481. The Morgan fingerprint density at radius 3 is 2.48 bits per heavy atom. The molecule has 0 fully saturated rings. The summed E-state index contributed by atoms with van der Waals surface area (Å²) in [5.74, 6) is 0.649. The van der Waals surface area contributed by atoms with Gasteiger partial charge in [0.05, 0.1) is 5.60 Å². The number of likely N-dealkylation sites (N-methyl/N-ethyl adjacent to an activating group) is 1. The van der Waals surface area contributed by atoms with Crippen LogP contribution < -0.4 is 5.32 Å². The number of carbonyl (C=O) groups excluding carboxylic acids is 1. The molecule has 0 aliphatic rings. The second-order valence-corrected chi connectivity index (χ2v) is 5.75. The lowest BCUT2D eigenvalue weighted by Gasteiger charge is -2.28. The molecule has 0 atom stereocenters.